The molecular formula is C71H7NO2. The first-order valence-electron chi connectivity index (χ1n) is 27.1. The molecule has 0 bridgehead atoms. The molecule has 6 aliphatic rings. The minimum atomic E-state index is -0.614. The Balaban J connectivity index is 1.12. The fourth-order valence-corrected chi connectivity index (χ4v) is 26.3. The second-order valence-corrected chi connectivity index (χ2v) is 26.6. The van der Waals surface area contributed by atoms with Crippen molar-refractivity contribution in [1.29, 1.82) is 5.26 Å². The van der Waals surface area contributed by atoms with Gasteiger partial charge >= 0.3 is 0 Å². The van der Waals surface area contributed by atoms with Gasteiger partial charge in [0.05, 0.1) is 16.9 Å². The van der Waals surface area contributed by atoms with Gasteiger partial charge in [-0.3, -0.25) is 0 Å². The Hall–Kier alpha value is -9.49. The van der Waals surface area contributed by atoms with Gasteiger partial charge in [-0.15, -0.1) is 0 Å². The van der Waals surface area contributed by atoms with E-state index in [2.05, 4.69) is 30.3 Å². The predicted molar refractivity (Wildman–Crippen MR) is 303 cm³/mol. The summed E-state index contributed by atoms with van der Waals surface area (Å²) in [5.41, 5.74) is 7.21. The first kappa shape index (κ1) is 27.4. The minimum Gasteiger partial charge on any atom is -0.454 e. The van der Waals surface area contributed by atoms with Crippen LogP contribution in [0.5, 0.6) is 11.5 Å². The average Bonchev–Trinajstić information content (AvgIpc) is 3.02. The second-order valence-electron chi connectivity index (χ2n) is 26.6. The monoisotopic (exact) mass is 905 g/mol. The predicted octanol–water partition coefficient (Wildman–Crippen LogP) is 18.3. The number of benzene rings is 19. The zero-order chi connectivity index (χ0) is 44.0. The summed E-state index contributed by atoms with van der Waals surface area (Å²) in [6.45, 7) is 0.229. The van der Waals surface area contributed by atoms with E-state index < -0.39 is 10.8 Å². The number of nitrogens with zero attached hydrogens (tertiary/aromatic N) is 1. The summed E-state index contributed by atoms with van der Waals surface area (Å²) >= 11 is 0. The molecule has 0 radical (unpaired) electrons. The van der Waals surface area contributed by atoms with Crippen molar-refractivity contribution in [3.8, 4) is 17.6 Å². The van der Waals surface area contributed by atoms with Crippen molar-refractivity contribution in [2.24, 2.45) is 0 Å². The molecule has 3 nitrogen and oxygen atoms in total. The Labute approximate surface area is 402 Å². The summed E-state index contributed by atoms with van der Waals surface area (Å²) in [4.78, 5) is 0. The average molecular weight is 906 g/mol. The van der Waals surface area contributed by atoms with Crippen LogP contribution >= 0.6 is 0 Å². The van der Waals surface area contributed by atoms with Gasteiger partial charge in [0.2, 0.25) is 6.79 Å². The number of ether oxygens (including phenoxy) is 2. The molecule has 1 unspecified atom stereocenters. The first-order chi connectivity index (χ1) is 36.9. The number of fused-ring (bicyclic) bond motifs is 1. The lowest BCUT2D eigenvalue weighted by Crippen LogP contribution is -2.51. The third-order valence-electron chi connectivity index (χ3n) is 26.4. The molecule has 3 heteroatoms. The summed E-state index contributed by atoms with van der Waals surface area (Å²) in [6.07, 6.45) is 2.68. The molecule has 0 fully saturated rings. The highest BCUT2D eigenvalue weighted by molar-refractivity contribution is 6.82. The van der Waals surface area contributed by atoms with Gasteiger partial charge in [0.15, 0.2) is 11.5 Å². The Bertz CT molecular complexity index is 7570. The molecule has 74 heavy (non-hydrogen) atoms. The van der Waals surface area contributed by atoms with Crippen LogP contribution in [0.25, 0.3) is 291 Å². The summed E-state index contributed by atoms with van der Waals surface area (Å²) in [5, 5.41) is 98.3. The van der Waals surface area contributed by atoms with Gasteiger partial charge < -0.3 is 9.47 Å². The molecule has 0 N–H and O–H groups in total. The zero-order valence-electron chi connectivity index (χ0n) is 37.4. The van der Waals surface area contributed by atoms with Crippen molar-refractivity contribution in [1.82, 2.24) is 0 Å². The van der Waals surface area contributed by atoms with Gasteiger partial charge in [-0.1, -0.05) is 12.1 Å². The molecule has 0 amide bonds. The molecule has 35 rings (SSSR count). The molecule has 29 aromatic rings. The van der Waals surface area contributed by atoms with Crippen LogP contribution in [-0.2, 0) is 10.8 Å². The van der Waals surface area contributed by atoms with Crippen molar-refractivity contribution in [2.75, 3.05) is 6.79 Å². The van der Waals surface area contributed by atoms with E-state index in [1.54, 1.807) is 313 Å². The Morgan fingerprint density at radius 2 is 0.554 bits per heavy atom. The van der Waals surface area contributed by atoms with Gasteiger partial charge in [-0.25, -0.2) is 0 Å². The zero-order valence-corrected chi connectivity index (χ0v) is 37.4. The highest BCUT2D eigenvalue weighted by Gasteiger charge is 2.74. The summed E-state index contributed by atoms with van der Waals surface area (Å²) < 4.78 is 12.5. The first-order valence-corrected chi connectivity index (χ1v) is 27.1. The summed E-state index contributed by atoms with van der Waals surface area (Å²) in [6, 6.07) is 9.94. The number of nitriles is 1. The van der Waals surface area contributed by atoms with Crippen LogP contribution < -0.4 is 9.47 Å². The van der Waals surface area contributed by atoms with Crippen molar-refractivity contribution < 1.29 is 9.47 Å². The van der Waals surface area contributed by atoms with E-state index in [-0.39, 0.29) is 12.7 Å². The molecular weight excluding hydrogens is 899 g/mol. The van der Waals surface area contributed by atoms with E-state index in [1.165, 1.54) is 5.56 Å². The lowest BCUT2D eigenvalue weighted by molar-refractivity contribution is 0.174. The van der Waals surface area contributed by atoms with Crippen molar-refractivity contribution >= 4 is 291 Å². The molecule has 2 spiro atoms. The van der Waals surface area contributed by atoms with Crippen LogP contribution in [0.2, 0.25) is 0 Å². The second kappa shape index (κ2) is 6.23. The van der Waals surface area contributed by atoms with Crippen LogP contribution in [-0.4, -0.2) is 6.79 Å². The Kier molecular flexibility index (Phi) is 2.31. The molecule has 1 atom stereocenters. The van der Waals surface area contributed by atoms with Crippen molar-refractivity contribution in [3.63, 3.8) is 0 Å². The fraction of sp³-hybridized carbons (Fsp3) is 0.0563. The smallest absolute Gasteiger partial charge is 0.231 e. The molecule has 5 aliphatic carbocycles. The van der Waals surface area contributed by atoms with Gasteiger partial charge in [0.25, 0.3) is 0 Å². The largest absolute Gasteiger partial charge is 0.454 e. The van der Waals surface area contributed by atoms with Gasteiger partial charge in [0, 0.05) is 11.5 Å². The quantitative estimate of drug-likeness (QED) is 0.154. The molecule has 0 saturated heterocycles. The van der Waals surface area contributed by atoms with Gasteiger partial charge in [-0.2, -0.15) is 5.26 Å². The van der Waals surface area contributed by atoms with Gasteiger partial charge in [-0.05, 0) is 331 Å². The number of hydrogen-bond donors (Lipinski definition) is 0. The number of hydrogen-bond acceptors (Lipinski definition) is 3. The molecule has 1 aliphatic heterocycles. The summed E-state index contributed by atoms with van der Waals surface area (Å²) in [5.74, 6) is 1.38. The van der Waals surface area contributed by atoms with Crippen molar-refractivity contribution in [3.05, 3.63) is 57.7 Å². The van der Waals surface area contributed by atoms with Gasteiger partial charge in [0.1, 0.15) is 0 Å². The lowest BCUT2D eigenvalue weighted by atomic mass is 9.47. The maximum Gasteiger partial charge on any atom is 0.231 e. The summed E-state index contributed by atoms with van der Waals surface area (Å²) in [7, 11) is 0. The van der Waals surface area contributed by atoms with Crippen LogP contribution in [0.15, 0.2) is 29.8 Å². The van der Waals surface area contributed by atoms with Crippen LogP contribution in [0.3, 0.4) is 0 Å². The molecule has 1 heterocycles. The fourth-order valence-electron chi connectivity index (χ4n) is 26.3. The Morgan fingerprint density at radius 1 is 0.311 bits per heavy atom. The van der Waals surface area contributed by atoms with E-state index in [1.807, 2.05) is 0 Å². The van der Waals surface area contributed by atoms with E-state index in [4.69, 9.17) is 9.47 Å². The van der Waals surface area contributed by atoms with Crippen molar-refractivity contribution in [2.45, 2.75) is 16.7 Å². The SMILES string of the molecule is N#CC1=CC23c4c5c6c7c8c9c(c%10c%11c2c2c4c4c%12c5c5c6c6c8c8c%13c9c9c%10c%10c%11c%11c2c2c4c4c%12c%12c5c5c6c8c6c8c%13c9c9c%10c%10c%11c2c2c4c4c%12c5c6c5c8c9c%10c2c45)C73C1c1ccc2c(c1)OCO2. The maximum absolute atomic E-state index is 12.3. The third kappa shape index (κ3) is 1.45. The lowest BCUT2D eigenvalue weighted by Gasteiger charge is -2.53. The van der Waals surface area contributed by atoms with Crippen LogP contribution in [0, 0.1) is 11.3 Å². The number of rotatable bonds is 1. The van der Waals surface area contributed by atoms with E-state index in [0.29, 0.717) is 0 Å². The van der Waals surface area contributed by atoms with Crippen LogP contribution in [0.4, 0.5) is 0 Å². The van der Waals surface area contributed by atoms with E-state index >= 15 is 0 Å². The highest BCUT2D eigenvalue weighted by Crippen LogP contribution is 2.87. The van der Waals surface area contributed by atoms with E-state index in [9.17, 15) is 5.26 Å². The van der Waals surface area contributed by atoms with E-state index in [0.717, 1.165) is 17.1 Å². The minimum absolute atomic E-state index is 0.229. The third-order valence-corrected chi connectivity index (χ3v) is 26.4. The topological polar surface area (TPSA) is 42.2 Å². The Morgan fingerprint density at radius 3 is 0.824 bits per heavy atom. The standard InChI is InChI=1S/C71H7NO2/c72-5-8-4-70-66-57-49-39-29-21-13-11-12-15-19-17(13)25-33-27(19)37-31-23(15)24-16(12)20-18-14(11)22(21)30-36-26(18)34-28(20)38-32(24)42-41(31)53-47(37)55-45(33)51(43(49)35(25)29)59(66)61(55)68-63(53)64-54(42)48(38)56-46(34)52-44(36)50(40(30)39)58(57)67(70)60(52)62(56)69(64)71(68,70)65(8)7-1-2-9-10(3-7)74-6-73-9/h1-4,65H,6H2. The number of allylic oxidation sites excluding steroid dienone is 2. The molecule has 0 aromatic heterocycles. The maximum atomic E-state index is 12.3. The molecule has 0 saturated carbocycles. The normalized spacial score (nSPS) is 23.3. The molecule has 308 valence electrons. The molecule has 29 aromatic carbocycles. The van der Waals surface area contributed by atoms with Crippen LogP contribution in [0.1, 0.15) is 33.7 Å². The highest BCUT2D eigenvalue weighted by atomic mass is 16.7.